The van der Waals surface area contributed by atoms with Gasteiger partial charge in [-0.25, -0.2) is 0 Å². The summed E-state index contributed by atoms with van der Waals surface area (Å²) >= 11 is 0. The van der Waals surface area contributed by atoms with Crippen LogP contribution in [0.2, 0.25) is 0 Å². The van der Waals surface area contributed by atoms with Gasteiger partial charge in [-0.15, -0.1) is 0 Å². The normalized spacial score (nSPS) is 21.6. The van der Waals surface area contributed by atoms with Crippen LogP contribution in [0.1, 0.15) is 91.4 Å². The highest BCUT2D eigenvalue weighted by atomic mass is 16.5. The Morgan fingerprint density at radius 2 is 1.91 bits per heavy atom. The summed E-state index contributed by atoms with van der Waals surface area (Å²) in [6.07, 6.45) is 13.4. The molecule has 0 aromatic carbocycles. The second-order valence-corrected chi connectivity index (χ2v) is 9.46. The number of ether oxygens (including phenoxy) is 1. The SMILES string of the molecule is CCCCC[C@H](O)/C=C/[C@H]1[C@H](O)CC(=O)[C@@H]1C/C=C\CCCC(=O)NCCCC(=O)OC(C)C. The van der Waals surface area contributed by atoms with Gasteiger partial charge in [-0.3, -0.25) is 14.4 Å². The molecule has 7 heteroatoms. The second-order valence-electron chi connectivity index (χ2n) is 9.46. The summed E-state index contributed by atoms with van der Waals surface area (Å²) in [7, 11) is 0. The Labute approximate surface area is 205 Å². The number of unbranched alkanes of at least 4 members (excludes halogenated alkanes) is 3. The zero-order chi connectivity index (χ0) is 25.3. The molecule has 0 heterocycles. The number of ketones is 1. The first-order valence-corrected chi connectivity index (χ1v) is 12.9. The van der Waals surface area contributed by atoms with E-state index in [1.807, 2.05) is 18.2 Å². The molecule has 1 amide bonds. The minimum absolute atomic E-state index is 0.0394. The molecule has 1 fully saturated rings. The van der Waals surface area contributed by atoms with Crippen LogP contribution in [0.5, 0.6) is 0 Å². The van der Waals surface area contributed by atoms with Gasteiger partial charge in [0.05, 0.1) is 18.3 Å². The van der Waals surface area contributed by atoms with Crippen molar-refractivity contribution in [1.82, 2.24) is 5.32 Å². The molecule has 4 atom stereocenters. The number of aliphatic hydroxyl groups is 2. The number of hydrogen-bond donors (Lipinski definition) is 3. The lowest BCUT2D eigenvalue weighted by molar-refractivity contribution is -0.147. The number of Topliss-reactive ketones (excluding diaryl/α,β-unsaturated/α-hetero) is 1. The van der Waals surface area contributed by atoms with Crippen LogP contribution < -0.4 is 5.32 Å². The number of nitrogens with one attached hydrogen (secondary N) is 1. The van der Waals surface area contributed by atoms with Crippen molar-refractivity contribution in [3.05, 3.63) is 24.3 Å². The molecule has 3 N–H and O–H groups in total. The van der Waals surface area contributed by atoms with E-state index in [0.29, 0.717) is 45.1 Å². The molecule has 7 nitrogen and oxygen atoms in total. The predicted octanol–water partition coefficient (Wildman–Crippen LogP) is 4.01. The third-order valence-electron chi connectivity index (χ3n) is 5.97. The Morgan fingerprint density at radius 3 is 2.62 bits per heavy atom. The van der Waals surface area contributed by atoms with Crippen LogP contribution in [0.15, 0.2) is 24.3 Å². The van der Waals surface area contributed by atoms with Crippen molar-refractivity contribution in [1.29, 1.82) is 0 Å². The second kappa shape index (κ2) is 17.4. The molecule has 194 valence electrons. The lowest BCUT2D eigenvalue weighted by Gasteiger charge is -2.16. The number of carbonyl (C=O) groups is 3. The maximum atomic E-state index is 12.3. The zero-order valence-corrected chi connectivity index (χ0v) is 21.2. The third kappa shape index (κ3) is 13.0. The van der Waals surface area contributed by atoms with E-state index in [1.165, 1.54) is 0 Å². The van der Waals surface area contributed by atoms with Crippen LogP contribution in [-0.2, 0) is 19.1 Å². The largest absolute Gasteiger partial charge is 0.463 e. The average Bonchev–Trinajstić information content (AvgIpc) is 3.04. The van der Waals surface area contributed by atoms with Crippen molar-refractivity contribution in [2.45, 2.75) is 110 Å². The molecular formula is C27H45NO6. The summed E-state index contributed by atoms with van der Waals surface area (Å²) in [5.74, 6) is -0.757. The van der Waals surface area contributed by atoms with Crippen molar-refractivity contribution in [2.24, 2.45) is 11.8 Å². The number of esters is 1. The van der Waals surface area contributed by atoms with Gasteiger partial charge < -0.3 is 20.3 Å². The van der Waals surface area contributed by atoms with E-state index in [4.69, 9.17) is 4.74 Å². The number of carbonyl (C=O) groups excluding carboxylic acids is 3. The Kier molecular flexibility index (Phi) is 15.4. The van der Waals surface area contributed by atoms with Gasteiger partial charge in [0.25, 0.3) is 0 Å². The van der Waals surface area contributed by atoms with Crippen LogP contribution >= 0.6 is 0 Å². The summed E-state index contributed by atoms with van der Waals surface area (Å²) in [5.41, 5.74) is 0. The average molecular weight is 480 g/mol. The molecule has 34 heavy (non-hydrogen) atoms. The first kappa shape index (κ1) is 30.0. The molecule has 1 aliphatic carbocycles. The molecule has 1 aliphatic rings. The first-order chi connectivity index (χ1) is 16.2. The van der Waals surface area contributed by atoms with E-state index in [2.05, 4.69) is 12.2 Å². The molecule has 1 saturated carbocycles. The van der Waals surface area contributed by atoms with Crippen molar-refractivity contribution in [2.75, 3.05) is 6.54 Å². The molecule has 0 aliphatic heterocycles. The fourth-order valence-corrected chi connectivity index (χ4v) is 4.10. The molecule has 0 bridgehead atoms. The monoisotopic (exact) mass is 479 g/mol. The molecule has 1 rings (SSSR count). The maximum absolute atomic E-state index is 12.3. The van der Waals surface area contributed by atoms with Crippen LogP contribution in [0.3, 0.4) is 0 Å². The summed E-state index contributed by atoms with van der Waals surface area (Å²) in [5, 5.41) is 23.2. The van der Waals surface area contributed by atoms with Crippen LogP contribution in [0.4, 0.5) is 0 Å². The molecule has 0 aromatic rings. The zero-order valence-electron chi connectivity index (χ0n) is 21.2. The Hall–Kier alpha value is -1.99. The van der Waals surface area contributed by atoms with Gasteiger partial charge in [0.15, 0.2) is 0 Å². The highest BCUT2D eigenvalue weighted by Gasteiger charge is 2.39. The Morgan fingerprint density at radius 1 is 1.15 bits per heavy atom. The number of hydrogen-bond acceptors (Lipinski definition) is 6. The number of aliphatic hydroxyl groups excluding tert-OH is 2. The molecule has 0 radical (unpaired) electrons. The third-order valence-corrected chi connectivity index (χ3v) is 5.97. The molecule has 0 saturated heterocycles. The van der Waals surface area contributed by atoms with Gasteiger partial charge in [0.2, 0.25) is 5.91 Å². The van der Waals surface area contributed by atoms with Gasteiger partial charge in [-0.05, 0) is 46.0 Å². The lowest BCUT2D eigenvalue weighted by Crippen LogP contribution is -2.24. The maximum Gasteiger partial charge on any atom is 0.306 e. The molecule has 0 aromatic heterocycles. The van der Waals surface area contributed by atoms with E-state index in [-0.39, 0.29) is 42.0 Å². The molecule has 0 spiro atoms. The molecular weight excluding hydrogens is 434 g/mol. The standard InChI is InChI=1S/C27H45NO6/c1-4-5-8-12-21(29)16-17-23-22(24(30)19-25(23)31)13-9-6-7-10-14-26(32)28-18-11-15-27(33)34-20(2)3/h6,9,16-17,20-23,25,29,31H,4-5,7-8,10-15,18-19H2,1-3H3,(H,28,32)/b9-6-,17-16+/t21-,22+,23+,25+/m0/s1. The van der Waals surface area contributed by atoms with Gasteiger partial charge in [0.1, 0.15) is 5.78 Å². The fourth-order valence-electron chi connectivity index (χ4n) is 4.10. The van der Waals surface area contributed by atoms with Gasteiger partial charge in [-0.2, -0.15) is 0 Å². The minimum atomic E-state index is -0.694. The summed E-state index contributed by atoms with van der Waals surface area (Å²) in [4.78, 5) is 35.6. The van der Waals surface area contributed by atoms with Gasteiger partial charge in [-0.1, -0.05) is 50.5 Å². The topological polar surface area (TPSA) is 113 Å². The highest BCUT2D eigenvalue weighted by Crippen LogP contribution is 2.33. The van der Waals surface area contributed by atoms with E-state index in [9.17, 15) is 24.6 Å². The van der Waals surface area contributed by atoms with Crippen LogP contribution in [0, 0.1) is 11.8 Å². The summed E-state index contributed by atoms with van der Waals surface area (Å²) in [6.45, 7) is 6.18. The van der Waals surface area contributed by atoms with E-state index in [0.717, 1.165) is 25.7 Å². The fraction of sp³-hybridized carbons (Fsp3) is 0.741. The quantitative estimate of drug-likeness (QED) is 0.165. The molecule has 0 unspecified atom stereocenters. The summed E-state index contributed by atoms with van der Waals surface area (Å²) < 4.78 is 5.05. The van der Waals surface area contributed by atoms with Gasteiger partial charge in [0, 0.05) is 37.6 Å². The first-order valence-electron chi connectivity index (χ1n) is 12.9. The van der Waals surface area contributed by atoms with E-state index < -0.39 is 12.2 Å². The smallest absolute Gasteiger partial charge is 0.306 e. The van der Waals surface area contributed by atoms with Crippen molar-refractivity contribution in [3.63, 3.8) is 0 Å². The van der Waals surface area contributed by atoms with Crippen LogP contribution in [-0.4, -0.2) is 52.7 Å². The highest BCUT2D eigenvalue weighted by molar-refractivity contribution is 5.84. The van der Waals surface area contributed by atoms with Crippen molar-refractivity contribution >= 4 is 17.7 Å². The predicted molar refractivity (Wildman–Crippen MR) is 133 cm³/mol. The lowest BCUT2D eigenvalue weighted by atomic mass is 9.90. The number of rotatable bonds is 17. The van der Waals surface area contributed by atoms with Crippen LogP contribution in [0.25, 0.3) is 0 Å². The van der Waals surface area contributed by atoms with E-state index in [1.54, 1.807) is 19.9 Å². The van der Waals surface area contributed by atoms with Crippen molar-refractivity contribution in [3.8, 4) is 0 Å². The van der Waals surface area contributed by atoms with E-state index >= 15 is 0 Å². The number of allylic oxidation sites excluding steroid dienone is 2. The van der Waals surface area contributed by atoms with Gasteiger partial charge >= 0.3 is 5.97 Å². The Balaban J connectivity index is 2.27. The van der Waals surface area contributed by atoms with Crippen molar-refractivity contribution < 1.29 is 29.3 Å². The number of amides is 1. The minimum Gasteiger partial charge on any atom is -0.463 e. The Bertz CT molecular complexity index is 672. The summed E-state index contributed by atoms with van der Waals surface area (Å²) in [6, 6.07) is 0.